The molecule has 0 aliphatic carbocycles. The second-order valence-electron chi connectivity index (χ2n) is 3.43. The van der Waals surface area contributed by atoms with E-state index in [1.54, 1.807) is 13.1 Å². The molecule has 1 N–H and O–H groups in total. The predicted octanol–water partition coefficient (Wildman–Crippen LogP) is 1.12. The van der Waals surface area contributed by atoms with Crippen LogP contribution >= 0.6 is 15.9 Å². The van der Waals surface area contributed by atoms with Gasteiger partial charge in [-0.3, -0.25) is 4.79 Å². The van der Waals surface area contributed by atoms with E-state index >= 15 is 0 Å². The second-order valence-corrected chi connectivity index (χ2v) is 4.22. The van der Waals surface area contributed by atoms with Crippen molar-refractivity contribution in [3.8, 4) is 0 Å². The minimum Gasteiger partial charge on any atom is -0.457 e. The molecule has 1 amide bonds. The first-order chi connectivity index (χ1) is 7.54. The van der Waals surface area contributed by atoms with Gasteiger partial charge in [0.25, 0.3) is 5.91 Å². The second kappa shape index (κ2) is 6.03. The molecule has 0 spiro atoms. The van der Waals surface area contributed by atoms with Gasteiger partial charge in [-0.05, 0) is 15.9 Å². The smallest absolute Gasteiger partial charge is 0.256 e. The molecule has 5 nitrogen and oxygen atoms in total. The number of halogens is 1. The Morgan fingerprint density at radius 3 is 2.94 bits per heavy atom. The Morgan fingerprint density at radius 1 is 1.75 bits per heavy atom. The number of hydrogen-bond acceptors (Lipinski definition) is 4. The van der Waals surface area contributed by atoms with Crippen LogP contribution < -0.4 is 0 Å². The molecule has 6 heteroatoms. The van der Waals surface area contributed by atoms with Gasteiger partial charge in [-0.25, -0.2) is 0 Å². The SMILES string of the molecule is COCC(O)CN(C)C(=O)c1coc(Br)c1. The number of rotatable bonds is 5. The summed E-state index contributed by atoms with van der Waals surface area (Å²) in [6.45, 7) is 0.419. The van der Waals surface area contributed by atoms with Gasteiger partial charge in [-0.15, -0.1) is 0 Å². The number of nitrogens with zero attached hydrogens (tertiary/aromatic N) is 1. The maximum atomic E-state index is 11.8. The molecule has 0 saturated carbocycles. The Morgan fingerprint density at radius 2 is 2.44 bits per heavy atom. The van der Waals surface area contributed by atoms with Gasteiger partial charge in [0, 0.05) is 26.8 Å². The van der Waals surface area contributed by atoms with E-state index in [9.17, 15) is 9.90 Å². The van der Waals surface area contributed by atoms with Gasteiger partial charge in [0.15, 0.2) is 4.67 Å². The summed E-state index contributed by atoms with van der Waals surface area (Å²) in [6.07, 6.45) is 0.681. The van der Waals surface area contributed by atoms with Gasteiger partial charge in [-0.2, -0.15) is 0 Å². The van der Waals surface area contributed by atoms with Crippen LogP contribution in [0.4, 0.5) is 0 Å². The van der Waals surface area contributed by atoms with Crippen molar-refractivity contribution in [3.05, 3.63) is 22.6 Å². The number of furan rings is 1. The molecule has 0 aromatic carbocycles. The average molecular weight is 292 g/mol. The van der Waals surface area contributed by atoms with Gasteiger partial charge in [0.1, 0.15) is 6.26 Å². The molecular formula is C10H14BrNO4. The quantitative estimate of drug-likeness (QED) is 0.883. The first-order valence-corrected chi connectivity index (χ1v) is 5.50. The average Bonchev–Trinajstić information content (AvgIpc) is 2.64. The first kappa shape index (κ1) is 13.2. The molecule has 1 heterocycles. The lowest BCUT2D eigenvalue weighted by Crippen LogP contribution is -2.36. The van der Waals surface area contributed by atoms with E-state index in [1.807, 2.05) is 0 Å². The van der Waals surface area contributed by atoms with Crippen LogP contribution in [0.3, 0.4) is 0 Å². The van der Waals surface area contributed by atoms with E-state index in [-0.39, 0.29) is 19.1 Å². The van der Waals surface area contributed by atoms with Crippen LogP contribution in [0.25, 0.3) is 0 Å². The fraction of sp³-hybridized carbons (Fsp3) is 0.500. The van der Waals surface area contributed by atoms with Crippen LogP contribution in [0.1, 0.15) is 10.4 Å². The first-order valence-electron chi connectivity index (χ1n) is 4.71. The Bertz CT molecular complexity index is 352. The lowest BCUT2D eigenvalue weighted by Gasteiger charge is -2.19. The van der Waals surface area contributed by atoms with Crippen molar-refractivity contribution >= 4 is 21.8 Å². The van der Waals surface area contributed by atoms with Crippen LogP contribution in [-0.2, 0) is 4.74 Å². The molecule has 0 aliphatic heterocycles. The van der Waals surface area contributed by atoms with Crippen molar-refractivity contribution < 1.29 is 19.1 Å². The van der Waals surface area contributed by atoms with E-state index in [0.717, 1.165) is 0 Å². The summed E-state index contributed by atoms with van der Waals surface area (Å²) in [7, 11) is 3.11. The number of carbonyl (C=O) groups is 1. The van der Waals surface area contributed by atoms with Crippen molar-refractivity contribution in [3.63, 3.8) is 0 Å². The summed E-state index contributed by atoms with van der Waals surface area (Å²) in [4.78, 5) is 13.2. The van der Waals surface area contributed by atoms with Crippen molar-refractivity contribution in [2.24, 2.45) is 0 Å². The minimum atomic E-state index is -0.686. The number of amides is 1. The van der Waals surface area contributed by atoms with Crippen molar-refractivity contribution in [1.29, 1.82) is 0 Å². The number of ether oxygens (including phenoxy) is 1. The zero-order valence-corrected chi connectivity index (χ0v) is 10.7. The molecule has 1 aromatic heterocycles. The summed E-state index contributed by atoms with van der Waals surface area (Å²) in [5, 5.41) is 9.47. The van der Waals surface area contributed by atoms with Crippen LogP contribution in [-0.4, -0.2) is 49.3 Å². The standard InChI is InChI=1S/C10H14BrNO4/c1-12(4-8(13)6-15-2)10(14)7-3-9(11)16-5-7/h3,5,8,13H,4,6H2,1-2H3. The molecule has 1 atom stereocenters. The highest BCUT2D eigenvalue weighted by molar-refractivity contribution is 9.10. The maximum Gasteiger partial charge on any atom is 0.256 e. The fourth-order valence-corrected chi connectivity index (χ4v) is 1.63. The van der Waals surface area contributed by atoms with Crippen LogP contribution in [0.15, 0.2) is 21.4 Å². The zero-order chi connectivity index (χ0) is 12.1. The monoisotopic (exact) mass is 291 g/mol. The topological polar surface area (TPSA) is 62.9 Å². The van der Waals surface area contributed by atoms with Crippen LogP contribution in [0, 0.1) is 0 Å². The van der Waals surface area contributed by atoms with E-state index in [2.05, 4.69) is 15.9 Å². The molecule has 0 saturated heterocycles. The van der Waals surface area contributed by atoms with Gasteiger partial charge in [-0.1, -0.05) is 0 Å². The Balaban J connectivity index is 2.54. The summed E-state index contributed by atoms with van der Waals surface area (Å²) >= 11 is 3.12. The Hall–Kier alpha value is -0.850. The molecule has 0 aliphatic rings. The molecule has 1 unspecified atom stereocenters. The maximum absolute atomic E-state index is 11.8. The highest BCUT2D eigenvalue weighted by Crippen LogP contribution is 2.15. The lowest BCUT2D eigenvalue weighted by molar-refractivity contribution is 0.0380. The minimum absolute atomic E-state index is 0.201. The molecule has 90 valence electrons. The predicted molar refractivity (Wildman–Crippen MR) is 61.3 cm³/mol. The summed E-state index contributed by atoms with van der Waals surface area (Å²) in [5.41, 5.74) is 0.444. The van der Waals surface area contributed by atoms with Crippen LogP contribution in [0.5, 0.6) is 0 Å². The van der Waals surface area contributed by atoms with Gasteiger partial charge >= 0.3 is 0 Å². The number of methoxy groups -OCH3 is 1. The number of likely N-dealkylation sites (N-methyl/N-ethyl adjacent to an activating group) is 1. The zero-order valence-electron chi connectivity index (χ0n) is 9.14. The summed E-state index contributed by atoms with van der Waals surface area (Å²) in [5.74, 6) is -0.204. The number of aliphatic hydroxyl groups excluding tert-OH is 1. The Kier molecular flexibility index (Phi) is 4.98. The summed E-state index contributed by atoms with van der Waals surface area (Å²) < 4.78 is 10.3. The third kappa shape index (κ3) is 3.62. The lowest BCUT2D eigenvalue weighted by atomic mass is 10.2. The molecule has 0 bridgehead atoms. The third-order valence-electron chi connectivity index (χ3n) is 2.00. The van der Waals surface area contributed by atoms with Crippen molar-refractivity contribution in [2.45, 2.75) is 6.10 Å². The molecule has 16 heavy (non-hydrogen) atoms. The van der Waals surface area contributed by atoms with E-state index in [4.69, 9.17) is 9.15 Å². The van der Waals surface area contributed by atoms with Gasteiger partial charge in [0.05, 0.1) is 18.3 Å². The fourth-order valence-electron chi connectivity index (χ4n) is 1.29. The summed E-state index contributed by atoms with van der Waals surface area (Å²) in [6, 6.07) is 1.58. The van der Waals surface area contributed by atoms with Crippen molar-refractivity contribution in [1.82, 2.24) is 4.90 Å². The van der Waals surface area contributed by atoms with Gasteiger partial charge < -0.3 is 19.2 Å². The normalized spacial score (nSPS) is 12.5. The number of carbonyl (C=O) groups excluding carboxylic acids is 1. The highest BCUT2D eigenvalue weighted by atomic mass is 79.9. The highest BCUT2D eigenvalue weighted by Gasteiger charge is 2.17. The molecule has 0 radical (unpaired) electrons. The van der Waals surface area contributed by atoms with Gasteiger partial charge in [0.2, 0.25) is 0 Å². The van der Waals surface area contributed by atoms with E-state index < -0.39 is 6.10 Å². The van der Waals surface area contributed by atoms with Crippen LogP contribution in [0.2, 0.25) is 0 Å². The number of hydrogen-bond donors (Lipinski definition) is 1. The molecule has 0 fully saturated rings. The molecule has 1 rings (SSSR count). The number of aliphatic hydroxyl groups is 1. The largest absolute Gasteiger partial charge is 0.457 e. The van der Waals surface area contributed by atoms with Crippen molar-refractivity contribution in [2.75, 3.05) is 27.3 Å². The third-order valence-corrected chi connectivity index (χ3v) is 2.42. The Labute approximate surface area is 102 Å². The van der Waals surface area contributed by atoms with E-state index in [0.29, 0.717) is 10.2 Å². The van der Waals surface area contributed by atoms with E-state index in [1.165, 1.54) is 18.3 Å². The molecular weight excluding hydrogens is 278 g/mol. The molecule has 1 aromatic rings.